The first-order valence-electron chi connectivity index (χ1n) is 4.48. The van der Waals surface area contributed by atoms with E-state index in [2.05, 4.69) is 21.0 Å². The summed E-state index contributed by atoms with van der Waals surface area (Å²) < 4.78 is 2.79. The van der Waals surface area contributed by atoms with Crippen LogP contribution in [0.5, 0.6) is 0 Å². The standard InChI is InChI=1S/C9H14BrN3O/c1-4-13-5-8(10)9(11-13)6-12(3)7(2)14/h5H,4,6H2,1-3H3. The van der Waals surface area contributed by atoms with Crippen LogP contribution in [0.2, 0.25) is 0 Å². The van der Waals surface area contributed by atoms with E-state index < -0.39 is 0 Å². The molecule has 0 unspecified atom stereocenters. The van der Waals surface area contributed by atoms with Crippen molar-refractivity contribution in [2.75, 3.05) is 7.05 Å². The molecule has 0 saturated carbocycles. The molecule has 1 aromatic rings. The summed E-state index contributed by atoms with van der Waals surface area (Å²) in [4.78, 5) is 12.6. The highest BCUT2D eigenvalue weighted by atomic mass is 79.9. The Hall–Kier alpha value is -0.840. The van der Waals surface area contributed by atoms with Gasteiger partial charge in [0, 0.05) is 26.7 Å². The van der Waals surface area contributed by atoms with E-state index in [4.69, 9.17) is 0 Å². The fourth-order valence-corrected chi connectivity index (χ4v) is 1.48. The van der Waals surface area contributed by atoms with E-state index in [-0.39, 0.29) is 5.91 Å². The van der Waals surface area contributed by atoms with Gasteiger partial charge in [-0.3, -0.25) is 9.48 Å². The van der Waals surface area contributed by atoms with E-state index >= 15 is 0 Å². The van der Waals surface area contributed by atoms with Crippen LogP contribution >= 0.6 is 15.9 Å². The molecule has 0 bridgehead atoms. The lowest BCUT2D eigenvalue weighted by Gasteiger charge is -2.12. The van der Waals surface area contributed by atoms with Crippen molar-refractivity contribution in [1.29, 1.82) is 0 Å². The van der Waals surface area contributed by atoms with Crippen LogP contribution in [0.3, 0.4) is 0 Å². The number of amides is 1. The number of hydrogen-bond donors (Lipinski definition) is 0. The van der Waals surface area contributed by atoms with Crippen molar-refractivity contribution in [3.8, 4) is 0 Å². The highest BCUT2D eigenvalue weighted by Crippen LogP contribution is 2.16. The van der Waals surface area contributed by atoms with Gasteiger partial charge >= 0.3 is 0 Å². The fraction of sp³-hybridized carbons (Fsp3) is 0.556. The van der Waals surface area contributed by atoms with Gasteiger partial charge in [-0.05, 0) is 22.9 Å². The second-order valence-electron chi connectivity index (χ2n) is 3.15. The first kappa shape index (κ1) is 11.2. The molecule has 0 aliphatic rings. The summed E-state index contributed by atoms with van der Waals surface area (Å²) in [7, 11) is 1.76. The first-order valence-corrected chi connectivity index (χ1v) is 5.27. The largest absolute Gasteiger partial charge is 0.340 e. The van der Waals surface area contributed by atoms with Crippen molar-refractivity contribution in [1.82, 2.24) is 14.7 Å². The van der Waals surface area contributed by atoms with Crippen LogP contribution in [0.4, 0.5) is 0 Å². The van der Waals surface area contributed by atoms with E-state index in [1.165, 1.54) is 0 Å². The van der Waals surface area contributed by atoms with Crippen LogP contribution in [0.25, 0.3) is 0 Å². The molecular formula is C9H14BrN3O. The van der Waals surface area contributed by atoms with Gasteiger partial charge < -0.3 is 4.90 Å². The van der Waals surface area contributed by atoms with E-state index in [9.17, 15) is 4.79 Å². The smallest absolute Gasteiger partial charge is 0.219 e. The van der Waals surface area contributed by atoms with Gasteiger partial charge in [0.15, 0.2) is 0 Å². The Balaban J connectivity index is 2.75. The molecule has 0 radical (unpaired) electrons. The minimum atomic E-state index is 0.0444. The minimum absolute atomic E-state index is 0.0444. The lowest BCUT2D eigenvalue weighted by atomic mass is 10.4. The van der Waals surface area contributed by atoms with Gasteiger partial charge in [-0.25, -0.2) is 0 Å². The number of carbonyl (C=O) groups is 1. The Morgan fingerprint density at radius 3 is 2.79 bits per heavy atom. The molecule has 0 fully saturated rings. The maximum absolute atomic E-state index is 11.0. The summed E-state index contributed by atoms with van der Waals surface area (Å²) in [6, 6.07) is 0. The Morgan fingerprint density at radius 2 is 2.36 bits per heavy atom. The zero-order valence-corrected chi connectivity index (χ0v) is 10.2. The van der Waals surface area contributed by atoms with Gasteiger partial charge in [0.2, 0.25) is 5.91 Å². The van der Waals surface area contributed by atoms with E-state index in [1.807, 2.05) is 17.8 Å². The molecule has 14 heavy (non-hydrogen) atoms. The second kappa shape index (κ2) is 4.59. The monoisotopic (exact) mass is 259 g/mol. The van der Waals surface area contributed by atoms with Gasteiger partial charge in [0.05, 0.1) is 16.7 Å². The van der Waals surface area contributed by atoms with Crippen molar-refractivity contribution in [3.63, 3.8) is 0 Å². The highest BCUT2D eigenvalue weighted by Gasteiger charge is 2.10. The van der Waals surface area contributed by atoms with Crippen LogP contribution in [-0.2, 0) is 17.9 Å². The number of aromatic nitrogens is 2. The summed E-state index contributed by atoms with van der Waals surface area (Å²) >= 11 is 3.41. The third-order valence-corrected chi connectivity index (χ3v) is 2.70. The number of rotatable bonds is 3. The number of nitrogens with zero attached hydrogens (tertiary/aromatic N) is 3. The summed E-state index contributed by atoms with van der Waals surface area (Å²) in [6.45, 7) is 4.95. The molecule has 78 valence electrons. The van der Waals surface area contributed by atoms with Crippen LogP contribution in [0.15, 0.2) is 10.7 Å². The average molecular weight is 260 g/mol. The molecule has 0 aromatic carbocycles. The Morgan fingerprint density at radius 1 is 1.71 bits per heavy atom. The molecule has 0 saturated heterocycles. The third kappa shape index (κ3) is 2.57. The fourth-order valence-electron chi connectivity index (χ4n) is 1.04. The molecule has 1 heterocycles. The van der Waals surface area contributed by atoms with Crippen molar-refractivity contribution in [2.45, 2.75) is 26.9 Å². The minimum Gasteiger partial charge on any atom is -0.340 e. The Kier molecular flexibility index (Phi) is 3.69. The van der Waals surface area contributed by atoms with Crippen LogP contribution in [0, 0.1) is 0 Å². The first-order chi connectivity index (χ1) is 6.54. The number of carbonyl (C=O) groups excluding carboxylic acids is 1. The van der Waals surface area contributed by atoms with Crippen LogP contribution in [0.1, 0.15) is 19.5 Å². The molecule has 1 amide bonds. The molecule has 4 nitrogen and oxygen atoms in total. The summed E-state index contributed by atoms with van der Waals surface area (Å²) in [5.74, 6) is 0.0444. The van der Waals surface area contributed by atoms with Crippen molar-refractivity contribution < 1.29 is 4.79 Å². The Bertz CT molecular complexity index is 335. The Labute approximate surface area is 92.0 Å². The molecule has 0 spiro atoms. The normalized spacial score (nSPS) is 10.3. The quantitative estimate of drug-likeness (QED) is 0.828. The SMILES string of the molecule is CCn1cc(Br)c(CN(C)C(C)=O)n1. The van der Waals surface area contributed by atoms with E-state index in [0.717, 1.165) is 16.7 Å². The molecule has 0 aliphatic heterocycles. The predicted molar refractivity (Wildman–Crippen MR) is 57.7 cm³/mol. The molecule has 1 aromatic heterocycles. The number of aryl methyl sites for hydroxylation is 1. The van der Waals surface area contributed by atoms with Crippen LogP contribution < -0.4 is 0 Å². The predicted octanol–water partition coefficient (Wildman–Crippen LogP) is 1.64. The maximum atomic E-state index is 11.0. The zero-order valence-electron chi connectivity index (χ0n) is 8.62. The van der Waals surface area contributed by atoms with Gasteiger partial charge in [-0.2, -0.15) is 5.10 Å². The maximum Gasteiger partial charge on any atom is 0.219 e. The van der Waals surface area contributed by atoms with Crippen molar-refractivity contribution in [3.05, 3.63) is 16.4 Å². The summed E-state index contributed by atoms with van der Waals surface area (Å²) in [6.07, 6.45) is 1.92. The molecule has 5 heteroatoms. The van der Waals surface area contributed by atoms with Gasteiger partial charge in [-0.15, -0.1) is 0 Å². The van der Waals surface area contributed by atoms with Crippen molar-refractivity contribution in [2.24, 2.45) is 0 Å². The van der Waals surface area contributed by atoms with Gasteiger partial charge in [-0.1, -0.05) is 0 Å². The second-order valence-corrected chi connectivity index (χ2v) is 4.01. The third-order valence-electron chi connectivity index (χ3n) is 2.04. The van der Waals surface area contributed by atoms with E-state index in [1.54, 1.807) is 18.9 Å². The highest BCUT2D eigenvalue weighted by molar-refractivity contribution is 9.10. The molecule has 0 aliphatic carbocycles. The zero-order chi connectivity index (χ0) is 10.7. The molecule has 0 atom stereocenters. The van der Waals surface area contributed by atoms with Crippen LogP contribution in [-0.4, -0.2) is 27.6 Å². The van der Waals surface area contributed by atoms with Gasteiger partial charge in [0.1, 0.15) is 0 Å². The van der Waals surface area contributed by atoms with Crippen molar-refractivity contribution >= 4 is 21.8 Å². The lowest BCUT2D eigenvalue weighted by Crippen LogP contribution is -2.23. The lowest BCUT2D eigenvalue weighted by molar-refractivity contribution is -0.128. The summed E-state index contributed by atoms with van der Waals surface area (Å²) in [5.41, 5.74) is 0.893. The topological polar surface area (TPSA) is 38.1 Å². The summed E-state index contributed by atoms with van der Waals surface area (Å²) in [5, 5.41) is 4.33. The average Bonchev–Trinajstić information content (AvgIpc) is 2.47. The van der Waals surface area contributed by atoms with E-state index in [0.29, 0.717) is 6.54 Å². The number of hydrogen-bond acceptors (Lipinski definition) is 2. The van der Waals surface area contributed by atoms with Gasteiger partial charge in [0.25, 0.3) is 0 Å². The molecule has 0 N–H and O–H groups in total. The molecular weight excluding hydrogens is 246 g/mol. The number of halogens is 1. The molecule has 1 rings (SSSR count).